The Balaban J connectivity index is 1.33. The second kappa shape index (κ2) is 7.59. The second-order valence-corrected chi connectivity index (χ2v) is 6.58. The average Bonchev–Trinajstić information content (AvgIpc) is 3.38. The molecule has 24 heavy (non-hydrogen) atoms. The van der Waals surface area contributed by atoms with Crippen LogP contribution in [0.25, 0.3) is 0 Å². The number of terminal acetylenes is 1. The summed E-state index contributed by atoms with van der Waals surface area (Å²) in [5, 5.41) is 14.6. The van der Waals surface area contributed by atoms with Crippen LogP contribution in [-0.4, -0.2) is 24.2 Å². The number of amides is 1. The molecule has 1 unspecified atom stereocenters. The molecule has 0 aliphatic carbocycles. The van der Waals surface area contributed by atoms with E-state index in [1.807, 2.05) is 0 Å². The van der Waals surface area contributed by atoms with Gasteiger partial charge in [-0.3, -0.25) is 4.79 Å². The predicted molar refractivity (Wildman–Crippen MR) is 93.3 cm³/mol. The number of benzene rings is 1. The van der Waals surface area contributed by atoms with Crippen LogP contribution < -0.4 is 10.6 Å². The minimum atomic E-state index is -0.311. The number of rotatable bonds is 8. The van der Waals surface area contributed by atoms with Gasteiger partial charge in [0, 0.05) is 44.8 Å². The third-order valence-corrected chi connectivity index (χ3v) is 4.79. The van der Waals surface area contributed by atoms with Crippen molar-refractivity contribution in [1.82, 2.24) is 10.6 Å². The first-order chi connectivity index (χ1) is 11.7. The van der Waals surface area contributed by atoms with Crippen molar-refractivity contribution < 1.29 is 4.79 Å². The van der Waals surface area contributed by atoms with Gasteiger partial charge in [-0.05, 0) is 24.0 Å². The zero-order valence-electron chi connectivity index (χ0n) is 13.9. The molecule has 5 heteroatoms. The van der Waals surface area contributed by atoms with Gasteiger partial charge in [0.25, 0.3) is 0 Å². The van der Waals surface area contributed by atoms with Crippen molar-refractivity contribution >= 4 is 5.91 Å². The number of nitrogens with one attached hydrogen (secondary N) is 2. The maximum absolute atomic E-state index is 12.0. The molecule has 1 atom stereocenters. The van der Waals surface area contributed by atoms with Crippen LogP contribution in [0.2, 0.25) is 0 Å². The number of carbonyl (C=O) groups is 1. The van der Waals surface area contributed by atoms with Crippen LogP contribution in [0.15, 0.2) is 34.5 Å². The predicted octanol–water partition coefficient (Wildman–Crippen LogP) is 2.56. The smallest absolute Gasteiger partial charge is 0.220 e. The third-order valence-electron chi connectivity index (χ3n) is 4.79. The lowest BCUT2D eigenvalue weighted by atomic mass is 9.93. The van der Waals surface area contributed by atoms with Crippen LogP contribution in [0, 0.1) is 12.3 Å². The molecule has 0 spiro atoms. The average molecular weight is 324 g/mol. The zero-order valence-corrected chi connectivity index (χ0v) is 13.9. The summed E-state index contributed by atoms with van der Waals surface area (Å²) in [4.78, 5) is 12.0. The van der Waals surface area contributed by atoms with Gasteiger partial charge in [0.2, 0.25) is 5.91 Å². The lowest BCUT2D eigenvalue weighted by molar-refractivity contribution is -0.121. The highest BCUT2D eigenvalue weighted by molar-refractivity contribution is 5.75. The Kier molecular flexibility index (Phi) is 5.27. The van der Waals surface area contributed by atoms with E-state index in [0.29, 0.717) is 25.4 Å². The van der Waals surface area contributed by atoms with Crippen LogP contribution in [0.3, 0.4) is 0 Å². The largest absolute Gasteiger partial charge is 0.356 e. The van der Waals surface area contributed by atoms with E-state index in [2.05, 4.69) is 51.0 Å². The minimum Gasteiger partial charge on any atom is -0.356 e. The SMILES string of the molecule is C#CCCC1(CCNC(=O)CCC2Cc3ccccc3CN2)N=N1. The van der Waals surface area contributed by atoms with Gasteiger partial charge in [-0.2, -0.15) is 10.2 Å². The number of hydrogen-bond donors (Lipinski definition) is 2. The molecule has 0 aromatic heterocycles. The molecule has 0 bridgehead atoms. The first-order valence-electron chi connectivity index (χ1n) is 8.65. The van der Waals surface area contributed by atoms with Crippen molar-refractivity contribution in [3.05, 3.63) is 35.4 Å². The van der Waals surface area contributed by atoms with Gasteiger partial charge in [-0.25, -0.2) is 0 Å². The second-order valence-electron chi connectivity index (χ2n) is 6.58. The van der Waals surface area contributed by atoms with Crippen LogP contribution in [0.5, 0.6) is 0 Å². The van der Waals surface area contributed by atoms with Crippen molar-refractivity contribution in [2.75, 3.05) is 6.54 Å². The molecule has 2 heterocycles. The van der Waals surface area contributed by atoms with Gasteiger partial charge < -0.3 is 10.6 Å². The molecular weight excluding hydrogens is 300 g/mol. The van der Waals surface area contributed by atoms with Gasteiger partial charge in [0.1, 0.15) is 0 Å². The maximum Gasteiger partial charge on any atom is 0.220 e. The molecule has 126 valence electrons. The highest BCUT2D eigenvalue weighted by atomic mass is 16.1. The highest BCUT2D eigenvalue weighted by Crippen LogP contribution is 2.36. The monoisotopic (exact) mass is 324 g/mol. The molecule has 0 radical (unpaired) electrons. The van der Waals surface area contributed by atoms with E-state index in [1.165, 1.54) is 11.1 Å². The Morgan fingerprint density at radius 2 is 2.12 bits per heavy atom. The zero-order chi connectivity index (χ0) is 16.8. The molecule has 0 saturated carbocycles. The van der Waals surface area contributed by atoms with Crippen LogP contribution >= 0.6 is 0 Å². The summed E-state index contributed by atoms with van der Waals surface area (Å²) in [5.74, 6) is 2.71. The van der Waals surface area contributed by atoms with Gasteiger partial charge in [0.05, 0.1) is 0 Å². The Labute approximate surface area is 143 Å². The quantitative estimate of drug-likeness (QED) is 0.722. The van der Waals surface area contributed by atoms with E-state index in [4.69, 9.17) is 6.42 Å². The fourth-order valence-corrected chi connectivity index (χ4v) is 3.19. The number of hydrogen-bond acceptors (Lipinski definition) is 4. The molecule has 5 nitrogen and oxygen atoms in total. The van der Waals surface area contributed by atoms with Crippen molar-refractivity contribution in [3.63, 3.8) is 0 Å². The van der Waals surface area contributed by atoms with E-state index in [-0.39, 0.29) is 11.6 Å². The molecule has 0 fully saturated rings. The van der Waals surface area contributed by atoms with Crippen LogP contribution in [0.4, 0.5) is 0 Å². The molecule has 2 aliphatic heterocycles. The van der Waals surface area contributed by atoms with E-state index in [1.54, 1.807) is 0 Å². The number of carbonyl (C=O) groups excluding carboxylic acids is 1. The van der Waals surface area contributed by atoms with Crippen molar-refractivity contribution in [2.24, 2.45) is 10.2 Å². The Bertz CT molecular complexity index is 656. The van der Waals surface area contributed by atoms with Crippen molar-refractivity contribution in [1.29, 1.82) is 0 Å². The van der Waals surface area contributed by atoms with Crippen LogP contribution in [-0.2, 0) is 17.8 Å². The summed E-state index contributed by atoms with van der Waals surface area (Å²) >= 11 is 0. The molecular formula is C19H24N4O. The van der Waals surface area contributed by atoms with Gasteiger partial charge in [0.15, 0.2) is 5.66 Å². The van der Waals surface area contributed by atoms with E-state index in [9.17, 15) is 4.79 Å². The summed E-state index contributed by atoms with van der Waals surface area (Å²) in [6, 6.07) is 8.87. The molecule has 1 amide bonds. The van der Waals surface area contributed by atoms with Gasteiger partial charge in [-0.1, -0.05) is 24.3 Å². The summed E-state index contributed by atoms with van der Waals surface area (Å²) in [5.41, 5.74) is 2.45. The summed E-state index contributed by atoms with van der Waals surface area (Å²) in [6.07, 6.45) is 9.88. The number of nitrogens with zero attached hydrogens (tertiary/aromatic N) is 2. The van der Waals surface area contributed by atoms with Gasteiger partial charge in [-0.15, -0.1) is 12.3 Å². The standard InChI is InChI=1S/C19H24N4O/c1-2-3-10-19(22-23-19)11-12-20-18(24)9-8-17-13-15-6-4-5-7-16(15)14-21-17/h1,4-7,17,21H,3,8-14H2,(H,20,24). The number of fused-ring (bicyclic) bond motifs is 1. The van der Waals surface area contributed by atoms with Gasteiger partial charge >= 0.3 is 0 Å². The van der Waals surface area contributed by atoms with Crippen molar-refractivity contribution in [3.8, 4) is 12.3 Å². The summed E-state index contributed by atoms with van der Waals surface area (Å²) in [7, 11) is 0. The Hall–Kier alpha value is -2.19. The Morgan fingerprint density at radius 1 is 1.33 bits per heavy atom. The molecule has 0 saturated heterocycles. The Morgan fingerprint density at radius 3 is 2.88 bits per heavy atom. The van der Waals surface area contributed by atoms with E-state index >= 15 is 0 Å². The molecule has 2 N–H and O–H groups in total. The first kappa shape index (κ1) is 16.7. The highest BCUT2D eigenvalue weighted by Gasteiger charge is 2.38. The molecule has 3 rings (SSSR count). The topological polar surface area (TPSA) is 65.8 Å². The fourth-order valence-electron chi connectivity index (χ4n) is 3.19. The summed E-state index contributed by atoms with van der Waals surface area (Å²) < 4.78 is 0. The molecule has 2 aliphatic rings. The lowest BCUT2D eigenvalue weighted by Gasteiger charge is -2.26. The van der Waals surface area contributed by atoms with E-state index < -0.39 is 0 Å². The normalized spacial score (nSPS) is 20.0. The van der Waals surface area contributed by atoms with Crippen molar-refractivity contribution in [2.45, 2.75) is 56.8 Å². The fraction of sp³-hybridized carbons (Fsp3) is 0.526. The first-order valence-corrected chi connectivity index (χ1v) is 8.65. The maximum atomic E-state index is 12.0. The summed E-state index contributed by atoms with van der Waals surface area (Å²) in [6.45, 7) is 1.50. The molecule has 1 aromatic rings. The third kappa shape index (κ3) is 4.42. The minimum absolute atomic E-state index is 0.100. The van der Waals surface area contributed by atoms with E-state index in [0.717, 1.165) is 32.2 Å². The molecule has 1 aromatic carbocycles. The van der Waals surface area contributed by atoms with Crippen LogP contribution in [0.1, 0.15) is 43.2 Å². The lowest BCUT2D eigenvalue weighted by Crippen LogP contribution is -2.37.